The Morgan fingerprint density at radius 1 is 1.11 bits per heavy atom. The topological polar surface area (TPSA) is 94.8 Å². The number of nitrogens with zero attached hydrogens (tertiary/aromatic N) is 3. The number of hydrogen-bond acceptors (Lipinski definition) is 8. The van der Waals surface area contributed by atoms with Crippen LogP contribution in [0.15, 0.2) is 51.7 Å². The van der Waals surface area contributed by atoms with Crippen LogP contribution in [0.1, 0.15) is 59.9 Å². The van der Waals surface area contributed by atoms with Crippen molar-refractivity contribution in [3.8, 4) is 11.5 Å². The Bertz CT molecular complexity index is 1490. The minimum Gasteiger partial charge on any atom is -0.493 e. The van der Waals surface area contributed by atoms with E-state index in [1.165, 1.54) is 16.2 Å². The Hall–Kier alpha value is -3.72. The molecule has 1 atom stereocenters. The fraction of sp³-hybridized carbons (Fsp3) is 0.333. The molecular formula is C27H27N3O5S. The number of ether oxygens (including phenoxy) is 2. The molecule has 186 valence electrons. The first-order chi connectivity index (χ1) is 17.4. The molecule has 8 nitrogen and oxygen atoms in total. The number of carbonyl (C=O) groups excluding carboxylic acids is 1. The van der Waals surface area contributed by atoms with Gasteiger partial charge in [0.05, 0.1) is 30.7 Å². The predicted molar refractivity (Wildman–Crippen MR) is 138 cm³/mol. The van der Waals surface area contributed by atoms with Gasteiger partial charge in [0.15, 0.2) is 16.9 Å². The molecular weight excluding hydrogens is 478 g/mol. The van der Waals surface area contributed by atoms with Crippen LogP contribution >= 0.6 is 11.3 Å². The highest BCUT2D eigenvalue weighted by Gasteiger charge is 2.45. The summed E-state index contributed by atoms with van der Waals surface area (Å²) in [6, 6.07) is 11.7. The molecule has 0 radical (unpaired) electrons. The average Bonchev–Trinajstić information content (AvgIpc) is 3.45. The summed E-state index contributed by atoms with van der Waals surface area (Å²) in [7, 11) is 1.57. The number of benzene rings is 2. The highest BCUT2D eigenvalue weighted by molar-refractivity contribution is 7.15. The van der Waals surface area contributed by atoms with Crippen LogP contribution in [0.5, 0.6) is 11.5 Å². The maximum absolute atomic E-state index is 13.7. The van der Waals surface area contributed by atoms with Crippen molar-refractivity contribution < 1.29 is 18.7 Å². The molecule has 3 heterocycles. The molecule has 1 amide bonds. The summed E-state index contributed by atoms with van der Waals surface area (Å²) in [4.78, 5) is 28.9. The van der Waals surface area contributed by atoms with Crippen LogP contribution in [0.2, 0.25) is 0 Å². The number of rotatable bonds is 8. The zero-order valence-corrected chi connectivity index (χ0v) is 21.4. The van der Waals surface area contributed by atoms with E-state index in [-0.39, 0.29) is 16.8 Å². The molecule has 0 saturated carbocycles. The fourth-order valence-electron chi connectivity index (χ4n) is 4.32. The molecule has 1 aliphatic heterocycles. The average molecular weight is 506 g/mol. The highest BCUT2D eigenvalue weighted by atomic mass is 32.1. The van der Waals surface area contributed by atoms with Crippen LogP contribution < -0.4 is 19.8 Å². The molecule has 5 rings (SSSR count). The van der Waals surface area contributed by atoms with Gasteiger partial charge < -0.3 is 13.9 Å². The molecule has 0 spiro atoms. The molecule has 36 heavy (non-hydrogen) atoms. The van der Waals surface area contributed by atoms with Gasteiger partial charge in [-0.2, -0.15) is 0 Å². The van der Waals surface area contributed by atoms with Gasteiger partial charge in [0.25, 0.3) is 5.91 Å². The molecule has 2 aromatic carbocycles. The van der Waals surface area contributed by atoms with E-state index in [4.69, 9.17) is 13.9 Å². The molecule has 0 N–H and O–H groups in total. The third kappa shape index (κ3) is 4.13. The molecule has 2 aromatic heterocycles. The summed E-state index contributed by atoms with van der Waals surface area (Å²) in [6.07, 6.45) is 1.67. The SMILES string of the molecule is CCCc1nnc(N2C(=O)c3oc4ccccc4c(=O)c3C2c2ccc(OCC(C)C)c(OC)c2)s1. The molecule has 1 unspecified atom stereocenters. The maximum atomic E-state index is 13.7. The lowest BCUT2D eigenvalue weighted by Crippen LogP contribution is -2.29. The number of aryl methyl sites for hydroxylation is 1. The fourth-order valence-corrected chi connectivity index (χ4v) is 5.29. The van der Waals surface area contributed by atoms with E-state index < -0.39 is 11.9 Å². The first kappa shape index (κ1) is 24.0. The van der Waals surface area contributed by atoms with Crippen LogP contribution in [0.3, 0.4) is 0 Å². The number of amides is 1. The van der Waals surface area contributed by atoms with E-state index in [1.54, 1.807) is 37.4 Å². The van der Waals surface area contributed by atoms with Gasteiger partial charge in [0, 0.05) is 6.42 Å². The van der Waals surface area contributed by atoms with Gasteiger partial charge in [-0.25, -0.2) is 0 Å². The summed E-state index contributed by atoms with van der Waals surface area (Å²) in [5, 5.41) is 10.2. The van der Waals surface area contributed by atoms with Crippen molar-refractivity contribution in [1.29, 1.82) is 0 Å². The van der Waals surface area contributed by atoms with Crippen LogP contribution in [0.4, 0.5) is 5.13 Å². The third-order valence-corrected chi connectivity index (χ3v) is 6.96. The lowest BCUT2D eigenvalue weighted by Gasteiger charge is -2.23. The second-order valence-corrected chi connectivity index (χ2v) is 10.1. The number of para-hydroxylation sites is 1. The van der Waals surface area contributed by atoms with Gasteiger partial charge in [0.2, 0.25) is 10.9 Å². The largest absolute Gasteiger partial charge is 0.493 e. The first-order valence-electron chi connectivity index (χ1n) is 11.9. The third-order valence-electron chi connectivity index (χ3n) is 5.98. The minimum absolute atomic E-state index is 0.0232. The smallest absolute Gasteiger partial charge is 0.297 e. The van der Waals surface area contributed by atoms with Gasteiger partial charge in [-0.1, -0.05) is 50.3 Å². The molecule has 9 heteroatoms. The summed E-state index contributed by atoms with van der Waals surface area (Å²) in [5.41, 5.74) is 1.09. The second-order valence-electron chi connectivity index (χ2n) is 9.09. The van der Waals surface area contributed by atoms with Gasteiger partial charge in [-0.05, 0) is 42.2 Å². The van der Waals surface area contributed by atoms with Crippen LogP contribution in [0.25, 0.3) is 11.0 Å². The van der Waals surface area contributed by atoms with E-state index >= 15 is 0 Å². The zero-order valence-electron chi connectivity index (χ0n) is 20.6. The molecule has 0 aliphatic carbocycles. The monoisotopic (exact) mass is 505 g/mol. The van der Waals surface area contributed by atoms with Crippen molar-refractivity contribution in [2.24, 2.45) is 5.92 Å². The van der Waals surface area contributed by atoms with Crippen LogP contribution in [0, 0.1) is 5.92 Å². The van der Waals surface area contributed by atoms with Crippen molar-refractivity contribution in [1.82, 2.24) is 10.2 Å². The lowest BCUT2D eigenvalue weighted by molar-refractivity contribution is 0.0970. The van der Waals surface area contributed by atoms with E-state index in [9.17, 15) is 9.59 Å². The Morgan fingerprint density at radius 3 is 2.67 bits per heavy atom. The number of anilines is 1. The number of aromatic nitrogens is 2. The summed E-state index contributed by atoms with van der Waals surface area (Å²) in [6.45, 7) is 6.73. The van der Waals surface area contributed by atoms with E-state index in [0.717, 1.165) is 17.8 Å². The number of fused-ring (bicyclic) bond motifs is 2. The Kier molecular flexibility index (Phi) is 6.49. The quantitative estimate of drug-likeness (QED) is 0.317. The Morgan fingerprint density at radius 2 is 1.92 bits per heavy atom. The number of methoxy groups -OCH3 is 1. The molecule has 0 bridgehead atoms. The van der Waals surface area contributed by atoms with Crippen LogP contribution in [-0.2, 0) is 6.42 Å². The van der Waals surface area contributed by atoms with E-state index in [0.29, 0.717) is 45.7 Å². The van der Waals surface area contributed by atoms with Crippen molar-refractivity contribution in [2.75, 3.05) is 18.6 Å². The summed E-state index contributed by atoms with van der Waals surface area (Å²) < 4.78 is 17.5. The molecule has 1 aliphatic rings. The number of carbonyl (C=O) groups is 1. The van der Waals surface area contributed by atoms with Gasteiger partial charge >= 0.3 is 0 Å². The maximum Gasteiger partial charge on any atom is 0.297 e. The normalized spacial score (nSPS) is 15.1. The Labute approximate surface area is 212 Å². The lowest BCUT2D eigenvalue weighted by atomic mass is 9.98. The van der Waals surface area contributed by atoms with Crippen LogP contribution in [-0.4, -0.2) is 29.8 Å². The predicted octanol–water partition coefficient (Wildman–Crippen LogP) is 5.39. The molecule has 4 aromatic rings. The highest BCUT2D eigenvalue weighted by Crippen LogP contribution is 2.44. The minimum atomic E-state index is -0.746. The van der Waals surface area contributed by atoms with Gasteiger partial charge in [0.1, 0.15) is 10.6 Å². The van der Waals surface area contributed by atoms with E-state index in [1.807, 2.05) is 12.1 Å². The zero-order chi connectivity index (χ0) is 25.4. The summed E-state index contributed by atoms with van der Waals surface area (Å²) >= 11 is 1.35. The number of hydrogen-bond donors (Lipinski definition) is 0. The second kappa shape index (κ2) is 9.73. The standard InChI is InChI=1S/C27H27N3O5S/c1-5-8-21-28-29-27(36-21)30-23(16-11-12-19(20(13-16)33-4)34-14-15(2)3)22-24(31)17-9-6-7-10-18(17)35-25(22)26(30)32/h6-7,9-13,15,23H,5,8,14H2,1-4H3. The Balaban J connectivity index is 1.69. The van der Waals surface area contributed by atoms with E-state index in [2.05, 4.69) is 31.0 Å². The van der Waals surface area contributed by atoms with Crippen molar-refractivity contribution >= 4 is 33.3 Å². The van der Waals surface area contributed by atoms with Gasteiger partial charge in [-0.15, -0.1) is 10.2 Å². The first-order valence-corrected chi connectivity index (χ1v) is 12.8. The van der Waals surface area contributed by atoms with Crippen molar-refractivity contribution in [2.45, 2.75) is 39.7 Å². The van der Waals surface area contributed by atoms with Gasteiger partial charge in [-0.3, -0.25) is 14.5 Å². The molecule has 0 fully saturated rings. The molecule has 0 saturated heterocycles. The van der Waals surface area contributed by atoms with Crippen molar-refractivity contribution in [3.63, 3.8) is 0 Å². The van der Waals surface area contributed by atoms with Crippen molar-refractivity contribution in [3.05, 3.63) is 74.6 Å². The summed E-state index contributed by atoms with van der Waals surface area (Å²) in [5.74, 6) is 1.06.